The van der Waals surface area contributed by atoms with E-state index in [4.69, 9.17) is 28.9 Å². The van der Waals surface area contributed by atoms with Crippen molar-refractivity contribution in [1.29, 1.82) is 0 Å². The predicted molar refractivity (Wildman–Crippen MR) is 79.8 cm³/mol. The number of hydrogen-bond donors (Lipinski definition) is 1. The summed E-state index contributed by atoms with van der Waals surface area (Å²) in [6.45, 7) is 1.96. The Morgan fingerprint density at radius 3 is 2.68 bits per heavy atom. The summed E-state index contributed by atoms with van der Waals surface area (Å²) >= 11 is 12.1. The molecule has 3 rings (SSSR count). The third-order valence-electron chi connectivity index (χ3n) is 3.13. The van der Waals surface area contributed by atoms with Gasteiger partial charge in [-0.15, -0.1) is 0 Å². The SMILES string of the molecule is Cc1c(N)ccc2nc(-c3ccc(Cl)cc3Cl)cn12. The fourth-order valence-electron chi connectivity index (χ4n) is 2.03. The summed E-state index contributed by atoms with van der Waals surface area (Å²) in [7, 11) is 0. The quantitative estimate of drug-likeness (QED) is 0.730. The van der Waals surface area contributed by atoms with Gasteiger partial charge in [0.1, 0.15) is 5.65 Å². The van der Waals surface area contributed by atoms with Crippen LogP contribution in [0.3, 0.4) is 0 Å². The van der Waals surface area contributed by atoms with E-state index in [1.165, 1.54) is 0 Å². The molecule has 0 spiro atoms. The molecule has 2 aromatic heterocycles. The standard InChI is InChI=1S/C14H11Cl2N3/c1-8-12(17)4-5-14-18-13(7-19(8)14)10-3-2-9(15)6-11(10)16/h2-7H,17H2,1H3. The third kappa shape index (κ3) is 2.05. The Morgan fingerprint density at radius 1 is 1.16 bits per heavy atom. The van der Waals surface area contributed by atoms with Crippen LogP contribution < -0.4 is 5.73 Å². The van der Waals surface area contributed by atoms with E-state index >= 15 is 0 Å². The van der Waals surface area contributed by atoms with Crippen molar-refractivity contribution in [3.8, 4) is 11.3 Å². The van der Waals surface area contributed by atoms with Crippen LogP contribution in [0.4, 0.5) is 5.69 Å². The van der Waals surface area contributed by atoms with Gasteiger partial charge in [-0.3, -0.25) is 0 Å². The van der Waals surface area contributed by atoms with Crippen molar-refractivity contribution < 1.29 is 0 Å². The maximum absolute atomic E-state index is 6.20. The van der Waals surface area contributed by atoms with Gasteiger partial charge < -0.3 is 10.1 Å². The van der Waals surface area contributed by atoms with Gasteiger partial charge >= 0.3 is 0 Å². The third-order valence-corrected chi connectivity index (χ3v) is 3.68. The van der Waals surface area contributed by atoms with Crippen LogP contribution in [0.5, 0.6) is 0 Å². The number of nitrogens with zero attached hydrogens (tertiary/aromatic N) is 2. The second kappa shape index (κ2) is 4.44. The highest BCUT2D eigenvalue weighted by molar-refractivity contribution is 6.36. The number of nitrogens with two attached hydrogens (primary N) is 1. The van der Waals surface area contributed by atoms with Crippen LogP contribution in [-0.2, 0) is 0 Å². The van der Waals surface area contributed by atoms with Crippen LogP contribution in [0.15, 0.2) is 36.5 Å². The monoisotopic (exact) mass is 291 g/mol. The zero-order valence-corrected chi connectivity index (χ0v) is 11.7. The number of anilines is 1. The molecule has 0 saturated heterocycles. The molecule has 3 aromatic rings. The molecule has 96 valence electrons. The van der Waals surface area contributed by atoms with Gasteiger partial charge in [-0.1, -0.05) is 23.2 Å². The molecule has 2 heterocycles. The number of benzene rings is 1. The lowest BCUT2D eigenvalue weighted by Gasteiger charge is -2.02. The number of aromatic nitrogens is 2. The Kier molecular flexibility index (Phi) is 2.88. The Bertz CT molecular complexity index is 778. The minimum atomic E-state index is 0.585. The number of nitrogen functional groups attached to an aromatic ring is 1. The molecule has 0 atom stereocenters. The van der Waals surface area contributed by atoms with Crippen molar-refractivity contribution in [2.24, 2.45) is 0 Å². The lowest BCUT2D eigenvalue weighted by Crippen LogP contribution is -1.96. The van der Waals surface area contributed by atoms with Crippen molar-refractivity contribution in [1.82, 2.24) is 9.38 Å². The topological polar surface area (TPSA) is 43.3 Å². The second-order valence-corrected chi connectivity index (χ2v) is 5.20. The average Bonchev–Trinajstić information content (AvgIpc) is 2.78. The first-order valence-electron chi connectivity index (χ1n) is 5.76. The van der Waals surface area contributed by atoms with E-state index in [1.54, 1.807) is 12.1 Å². The normalized spacial score (nSPS) is 11.1. The maximum atomic E-state index is 6.20. The lowest BCUT2D eigenvalue weighted by atomic mass is 10.2. The molecule has 3 nitrogen and oxygen atoms in total. The summed E-state index contributed by atoms with van der Waals surface area (Å²) in [5.41, 5.74) is 10.1. The molecule has 0 aliphatic heterocycles. The molecule has 19 heavy (non-hydrogen) atoms. The number of fused-ring (bicyclic) bond motifs is 1. The molecule has 0 aliphatic carbocycles. The number of imidazole rings is 1. The van der Waals surface area contributed by atoms with Gasteiger partial charge in [0.15, 0.2) is 0 Å². The van der Waals surface area contributed by atoms with E-state index in [0.717, 1.165) is 28.3 Å². The second-order valence-electron chi connectivity index (χ2n) is 4.35. The highest BCUT2D eigenvalue weighted by Gasteiger charge is 2.10. The largest absolute Gasteiger partial charge is 0.397 e. The van der Waals surface area contributed by atoms with Crippen molar-refractivity contribution >= 4 is 34.5 Å². The molecular formula is C14H11Cl2N3. The van der Waals surface area contributed by atoms with E-state index in [2.05, 4.69) is 4.98 Å². The lowest BCUT2D eigenvalue weighted by molar-refractivity contribution is 1.10. The van der Waals surface area contributed by atoms with Crippen LogP contribution in [0.1, 0.15) is 5.69 Å². The molecule has 0 fully saturated rings. The molecule has 0 bridgehead atoms. The van der Waals surface area contributed by atoms with E-state index in [1.807, 2.05) is 35.7 Å². The van der Waals surface area contributed by atoms with Gasteiger partial charge in [-0.25, -0.2) is 4.98 Å². The summed E-state index contributed by atoms with van der Waals surface area (Å²) in [6, 6.07) is 9.11. The molecular weight excluding hydrogens is 281 g/mol. The smallest absolute Gasteiger partial charge is 0.137 e. The summed E-state index contributed by atoms with van der Waals surface area (Å²) in [6.07, 6.45) is 1.93. The van der Waals surface area contributed by atoms with Crippen LogP contribution in [0.25, 0.3) is 16.9 Å². The van der Waals surface area contributed by atoms with Crippen molar-refractivity contribution in [2.75, 3.05) is 5.73 Å². The first-order chi connectivity index (χ1) is 9.06. The molecule has 0 unspecified atom stereocenters. The van der Waals surface area contributed by atoms with Gasteiger partial charge in [-0.05, 0) is 37.3 Å². The number of halogens is 2. The predicted octanol–water partition coefficient (Wildman–Crippen LogP) is 4.20. The van der Waals surface area contributed by atoms with Crippen molar-refractivity contribution in [3.05, 3.63) is 52.3 Å². The minimum Gasteiger partial charge on any atom is -0.397 e. The molecule has 0 radical (unpaired) electrons. The van der Waals surface area contributed by atoms with Crippen LogP contribution in [-0.4, -0.2) is 9.38 Å². The number of pyridine rings is 1. The van der Waals surface area contributed by atoms with Crippen molar-refractivity contribution in [2.45, 2.75) is 6.92 Å². The fraction of sp³-hybridized carbons (Fsp3) is 0.0714. The first kappa shape index (κ1) is 12.3. The molecule has 2 N–H and O–H groups in total. The van der Waals surface area contributed by atoms with Gasteiger partial charge in [0, 0.05) is 22.5 Å². The summed E-state index contributed by atoms with van der Waals surface area (Å²) in [5.74, 6) is 0. The zero-order chi connectivity index (χ0) is 13.6. The molecule has 5 heteroatoms. The van der Waals surface area contributed by atoms with Crippen molar-refractivity contribution in [3.63, 3.8) is 0 Å². The van der Waals surface area contributed by atoms with Gasteiger partial charge in [0.05, 0.1) is 16.4 Å². The molecule has 0 saturated carbocycles. The van der Waals surface area contributed by atoms with E-state index < -0.39 is 0 Å². The minimum absolute atomic E-state index is 0.585. The maximum Gasteiger partial charge on any atom is 0.137 e. The molecule has 0 amide bonds. The van der Waals surface area contributed by atoms with Crippen LogP contribution in [0.2, 0.25) is 10.0 Å². The Morgan fingerprint density at radius 2 is 1.95 bits per heavy atom. The highest BCUT2D eigenvalue weighted by Crippen LogP contribution is 2.30. The molecule has 0 aliphatic rings. The Labute approximate surface area is 120 Å². The molecule has 1 aromatic carbocycles. The first-order valence-corrected chi connectivity index (χ1v) is 6.51. The van der Waals surface area contributed by atoms with Crippen LogP contribution in [0, 0.1) is 6.92 Å². The van der Waals surface area contributed by atoms with E-state index in [-0.39, 0.29) is 0 Å². The van der Waals surface area contributed by atoms with E-state index in [0.29, 0.717) is 10.0 Å². The number of rotatable bonds is 1. The Balaban J connectivity index is 2.23. The van der Waals surface area contributed by atoms with Gasteiger partial charge in [0.25, 0.3) is 0 Å². The Hall–Kier alpha value is -1.71. The van der Waals surface area contributed by atoms with E-state index in [9.17, 15) is 0 Å². The fourth-order valence-corrected chi connectivity index (χ4v) is 2.54. The zero-order valence-electron chi connectivity index (χ0n) is 10.2. The summed E-state index contributed by atoms with van der Waals surface area (Å²) in [5, 5.41) is 1.19. The summed E-state index contributed by atoms with van der Waals surface area (Å²) < 4.78 is 1.95. The summed E-state index contributed by atoms with van der Waals surface area (Å²) in [4.78, 5) is 4.56. The number of aryl methyl sites for hydroxylation is 1. The van der Waals surface area contributed by atoms with Gasteiger partial charge in [-0.2, -0.15) is 0 Å². The average molecular weight is 292 g/mol. The van der Waals surface area contributed by atoms with Crippen LogP contribution >= 0.6 is 23.2 Å². The van der Waals surface area contributed by atoms with Gasteiger partial charge in [0.2, 0.25) is 0 Å². The highest BCUT2D eigenvalue weighted by atomic mass is 35.5. The number of hydrogen-bond acceptors (Lipinski definition) is 2.